The van der Waals surface area contributed by atoms with Crippen LogP contribution in [0.4, 0.5) is 4.79 Å². The molecule has 6 nitrogen and oxygen atoms in total. The highest BCUT2D eigenvalue weighted by molar-refractivity contribution is 7.99. The first kappa shape index (κ1) is 38.9. The number of thioether (sulfide) groups is 1. The number of unbranched alkanes of at least 4 members (excludes halogenated alkanes) is 13. The van der Waals surface area contributed by atoms with E-state index in [-0.39, 0.29) is 30.0 Å². The maximum atomic E-state index is 13.2. The fourth-order valence-electron chi connectivity index (χ4n) is 4.08. The molecule has 0 aromatic rings. The average molecular weight is 595 g/mol. The highest BCUT2D eigenvalue weighted by Crippen LogP contribution is 2.51. The Hall–Kier alpha value is -0.0700. The number of hydrogen-bond acceptors (Lipinski definition) is 7. The zero-order valence-electron chi connectivity index (χ0n) is 26.6. The van der Waals surface area contributed by atoms with Gasteiger partial charge in [0.25, 0.3) is 0 Å². The molecule has 0 aliphatic heterocycles. The van der Waals surface area contributed by atoms with Gasteiger partial charge in [0.05, 0.1) is 13.2 Å². The van der Waals surface area contributed by atoms with E-state index in [0.717, 1.165) is 18.6 Å². The largest absolute Gasteiger partial charge is 0.452 e. The van der Waals surface area contributed by atoms with Gasteiger partial charge in [0.15, 0.2) is 0 Å². The fourth-order valence-corrected chi connectivity index (χ4v) is 6.81. The van der Waals surface area contributed by atoms with Crippen LogP contribution in [-0.4, -0.2) is 36.0 Å². The molecule has 39 heavy (non-hydrogen) atoms. The van der Waals surface area contributed by atoms with Gasteiger partial charge < -0.3 is 9.05 Å². The second kappa shape index (κ2) is 24.5. The highest BCUT2D eigenvalue weighted by Gasteiger charge is 2.40. The molecular formula is C31H63O6PS. The van der Waals surface area contributed by atoms with Crippen LogP contribution in [0.2, 0.25) is 0 Å². The summed E-state index contributed by atoms with van der Waals surface area (Å²) in [7, 11) is -4.09. The first-order valence-electron chi connectivity index (χ1n) is 16.0. The van der Waals surface area contributed by atoms with Crippen LogP contribution >= 0.6 is 19.4 Å². The second-order valence-electron chi connectivity index (χ2n) is 12.1. The van der Waals surface area contributed by atoms with Crippen molar-refractivity contribution in [1.82, 2.24) is 0 Å². The van der Waals surface area contributed by atoms with E-state index >= 15 is 0 Å². The molecule has 0 aromatic carbocycles. The van der Waals surface area contributed by atoms with Gasteiger partial charge in [-0.25, -0.2) is 9.36 Å². The summed E-state index contributed by atoms with van der Waals surface area (Å²) >= 11 is 1.91. The predicted octanol–water partition coefficient (Wildman–Crippen LogP) is 11.5. The fraction of sp³-hybridized carbons (Fsp3) is 0.968. The summed E-state index contributed by atoms with van der Waals surface area (Å²) in [6, 6.07) is 0. The molecule has 0 saturated carbocycles. The van der Waals surface area contributed by atoms with Crippen LogP contribution in [0.15, 0.2) is 0 Å². The molecule has 0 spiro atoms. The summed E-state index contributed by atoms with van der Waals surface area (Å²) in [5.74, 6) is 1.07. The molecule has 8 heteroatoms. The lowest BCUT2D eigenvalue weighted by atomic mass is 9.99. The molecule has 0 aromatic heterocycles. The van der Waals surface area contributed by atoms with Crippen molar-refractivity contribution in [2.45, 2.75) is 169 Å². The molecule has 0 amide bonds. The van der Waals surface area contributed by atoms with Crippen LogP contribution in [0, 0.1) is 5.41 Å². The maximum absolute atomic E-state index is 13.2. The molecule has 0 fully saturated rings. The van der Waals surface area contributed by atoms with Crippen LogP contribution < -0.4 is 0 Å². The van der Waals surface area contributed by atoms with Gasteiger partial charge in [0.1, 0.15) is 6.10 Å². The molecule has 0 bridgehead atoms. The minimum absolute atomic E-state index is 0.119. The van der Waals surface area contributed by atoms with Gasteiger partial charge in [0.2, 0.25) is 0 Å². The first-order chi connectivity index (χ1) is 18.6. The van der Waals surface area contributed by atoms with Gasteiger partial charge in [-0.2, -0.15) is 16.6 Å². The Morgan fingerprint density at radius 2 is 1.26 bits per heavy atom. The Bertz CT molecular complexity index is 625. The Morgan fingerprint density at radius 3 is 1.77 bits per heavy atom. The topological polar surface area (TPSA) is 71.1 Å². The summed E-state index contributed by atoms with van der Waals surface area (Å²) < 4.78 is 24.0. The van der Waals surface area contributed by atoms with E-state index in [1.54, 1.807) is 0 Å². The normalized spacial score (nSPS) is 15.2. The third-order valence-corrected chi connectivity index (χ3v) is 9.66. The minimum Gasteiger partial charge on any atom is -0.301 e. The Morgan fingerprint density at radius 1 is 0.744 bits per heavy atom. The molecule has 0 aliphatic carbocycles. The van der Waals surface area contributed by atoms with Crippen molar-refractivity contribution in [3.8, 4) is 0 Å². The molecule has 0 rings (SSSR count). The number of carbonyl (C=O) groups is 1. The first-order valence-corrected chi connectivity index (χ1v) is 18.6. The minimum atomic E-state index is -4.09. The van der Waals surface area contributed by atoms with Crippen molar-refractivity contribution in [2.24, 2.45) is 5.41 Å². The molecule has 234 valence electrons. The number of rotatable bonds is 27. The summed E-state index contributed by atoms with van der Waals surface area (Å²) in [6.07, 6.45) is 20.6. The lowest BCUT2D eigenvalue weighted by Gasteiger charge is -2.24. The molecule has 3 atom stereocenters. The number of carbonyl (C=O) groups excluding carboxylic acids is 1. The van der Waals surface area contributed by atoms with Crippen LogP contribution in [-0.2, 0) is 23.4 Å². The quantitative estimate of drug-likeness (QED) is 0.0405. The molecule has 0 heterocycles. The third-order valence-electron chi connectivity index (χ3n) is 6.57. The van der Waals surface area contributed by atoms with Crippen molar-refractivity contribution in [1.29, 1.82) is 0 Å². The highest BCUT2D eigenvalue weighted by atomic mass is 32.2. The smallest absolute Gasteiger partial charge is 0.301 e. The van der Waals surface area contributed by atoms with Crippen LogP contribution in [0.25, 0.3) is 0 Å². The van der Waals surface area contributed by atoms with Gasteiger partial charge in [-0.1, -0.05) is 131 Å². The standard InChI is InChI=1S/C31H63O6PS/c1-8-11-13-15-17-18-19-21-23-26-39-29(24-22-20-16-14-12-9-2)28(4)36-37-30(32)38(33,34-25-10-3)35-27-31(5,6)7/h28-29H,8-27H2,1-7H3. The van der Waals surface area contributed by atoms with Gasteiger partial charge in [-0.05, 0) is 37.4 Å². The van der Waals surface area contributed by atoms with Gasteiger partial charge in [-0.15, -0.1) is 0 Å². The van der Waals surface area contributed by atoms with Crippen molar-refractivity contribution < 1.29 is 28.2 Å². The zero-order valence-corrected chi connectivity index (χ0v) is 28.3. The maximum Gasteiger partial charge on any atom is 0.452 e. The Labute approximate surface area is 246 Å². The molecule has 0 radical (unpaired) electrons. The summed E-state index contributed by atoms with van der Waals surface area (Å²) in [5, 5.41) is 0.212. The van der Waals surface area contributed by atoms with E-state index in [2.05, 4.69) is 13.8 Å². The van der Waals surface area contributed by atoms with E-state index < -0.39 is 13.3 Å². The van der Waals surface area contributed by atoms with E-state index in [9.17, 15) is 9.36 Å². The predicted molar refractivity (Wildman–Crippen MR) is 168 cm³/mol. The summed E-state index contributed by atoms with van der Waals surface area (Å²) in [4.78, 5) is 23.4. The lowest BCUT2D eigenvalue weighted by molar-refractivity contribution is -0.262. The average Bonchev–Trinajstić information content (AvgIpc) is 2.90. The van der Waals surface area contributed by atoms with Crippen molar-refractivity contribution >= 4 is 25.1 Å². The van der Waals surface area contributed by atoms with E-state index in [1.807, 2.05) is 46.4 Å². The Balaban J connectivity index is 4.76. The lowest BCUT2D eigenvalue weighted by Crippen LogP contribution is -2.26. The second-order valence-corrected chi connectivity index (χ2v) is 15.3. The molecule has 0 N–H and O–H groups in total. The monoisotopic (exact) mass is 594 g/mol. The van der Waals surface area contributed by atoms with Gasteiger partial charge in [-0.3, -0.25) is 4.89 Å². The van der Waals surface area contributed by atoms with Crippen molar-refractivity contribution in [3.05, 3.63) is 0 Å². The molecular weight excluding hydrogens is 531 g/mol. The van der Waals surface area contributed by atoms with E-state index in [1.165, 1.54) is 89.9 Å². The van der Waals surface area contributed by atoms with Crippen molar-refractivity contribution in [2.75, 3.05) is 19.0 Å². The number of hydrogen-bond donors (Lipinski definition) is 0. The van der Waals surface area contributed by atoms with Gasteiger partial charge in [0, 0.05) is 5.25 Å². The van der Waals surface area contributed by atoms with Crippen LogP contribution in [0.1, 0.15) is 158 Å². The van der Waals surface area contributed by atoms with E-state index in [0.29, 0.717) is 6.42 Å². The summed E-state index contributed by atoms with van der Waals surface area (Å²) in [6.45, 7) is 14.4. The van der Waals surface area contributed by atoms with Crippen molar-refractivity contribution in [3.63, 3.8) is 0 Å². The molecule has 0 saturated heterocycles. The SMILES string of the molecule is CCCCCCCCCCCSC(CCCCCCCC)C(C)OOC(=O)P(=O)(OCCC)OCC(C)(C)C. The third kappa shape index (κ3) is 22.2. The molecule has 0 aliphatic rings. The van der Waals surface area contributed by atoms with Gasteiger partial charge >= 0.3 is 13.3 Å². The Kier molecular flexibility index (Phi) is 24.5. The zero-order chi connectivity index (χ0) is 29.4. The summed E-state index contributed by atoms with van der Waals surface area (Å²) in [5.41, 5.74) is -1.33. The van der Waals surface area contributed by atoms with Crippen LogP contribution in [0.5, 0.6) is 0 Å². The molecule has 3 unspecified atom stereocenters. The van der Waals surface area contributed by atoms with Crippen LogP contribution in [0.3, 0.4) is 0 Å². The van der Waals surface area contributed by atoms with E-state index in [4.69, 9.17) is 18.8 Å².